The van der Waals surface area contributed by atoms with Crippen LogP contribution in [-0.4, -0.2) is 16.1 Å². The number of thioether (sulfide) groups is 1. The first-order valence-corrected chi connectivity index (χ1v) is 6.94. The monoisotopic (exact) mass is 283 g/mol. The second kappa shape index (κ2) is 5.49. The molecule has 1 N–H and O–H groups in total. The summed E-state index contributed by atoms with van der Waals surface area (Å²) in [6.45, 7) is 1.73. The number of carbonyl (C=O) groups is 1. The van der Waals surface area contributed by atoms with E-state index in [0.717, 1.165) is 9.90 Å². The number of hydrogen-bond donors (Lipinski definition) is 1. The third-order valence-corrected chi connectivity index (χ3v) is 4.36. The highest BCUT2D eigenvalue weighted by atomic mass is 32.2. The molecule has 0 aliphatic carbocycles. The minimum absolute atomic E-state index is 0.106. The van der Waals surface area contributed by atoms with Gasteiger partial charge in [-0.25, -0.2) is 14.2 Å². The Labute approximate surface area is 112 Å². The average molecular weight is 283 g/mol. The zero-order chi connectivity index (χ0) is 13.1. The Bertz CT molecular complexity index is 583. The van der Waals surface area contributed by atoms with E-state index in [1.807, 2.05) is 6.07 Å². The molecule has 94 valence electrons. The number of rotatable bonds is 4. The number of halogens is 1. The topological polar surface area (TPSA) is 50.2 Å². The van der Waals surface area contributed by atoms with Crippen molar-refractivity contribution in [1.29, 1.82) is 0 Å². The van der Waals surface area contributed by atoms with E-state index in [2.05, 4.69) is 4.98 Å². The largest absolute Gasteiger partial charge is 0.476 e. The first-order chi connectivity index (χ1) is 8.56. The van der Waals surface area contributed by atoms with Gasteiger partial charge in [0.2, 0.25) is 0 Å². The lowest BCUT2D eigenvalue weighted by atomic mass is 10.4. The van der Waals surface area contributed by atoms with Crippen LogP contribution in [0.4, 0.5) is 4.39 Å². The SMILES string of the molecule is Cc1sc(CSc2cccc(F)c2)nc1C(=O)O. The van der Waals surface area contributed by atoms with Crippen molar-refractivity contribution < 1.29 is 14.3 Å². The summed E-state index contributed by atoms with van der Waals surface area (Å²) in [7, 11) is 0. The van der Waals surface area contributed by atoms with Gasteiger partial charge in [-0.1, -0.05) is 6.07 Å². The third kappa shape index (κ3) is 3.08. The molecule has 0 spiro atoms. The zero-order valence-electron chi connectivity index (χ0n) is 9.51. The van der Waals surface area contributed by atoms with Crippen molar-refractivity contribution in [2.75, 3.05) is 0 Å². The Kier molecular flexibility index (Phi) is 3.98. The molecule has 6 heteroatoms. The fourth-order valence-electron chi connectivity index (χ4n) is 1.41. The summed E-state index contributed by atoms with van der Waals surface area (Å²) in [5.74, 6) is -0.741. The molecule has 2 aromatic rings. The maximum absolute atomic E-state index is 13.0. The highest BCUT2D eigenvalue weighted by molar-refractivity contribution is 7.98. The summed E-state index contributed by atoms with van der Waals surface area (Å²) in [4.78, 5) is 16.4. The molecule has 1 aromatic carbocycles. The Morgan fingerprint density at radius 2 is 2.33 bits per heavy atom. The predicted octanol–water partition coefficient (Wildman–Crippen LogP) is 3.58. The number of hydrogen-bond acceptors (Lipinski definition) is 4. The summed E-state index contributed by atoms with van der Waals surface area (Å²) in [5, 5.41) is 9.62. The van der Waals surface area contributed by atoms with E-state index in [0.29, 0.717) is 10.6 Å². The molecule has 0 radical (unpaired) electrons. The van der Waals surface area contributed by atoms with Crippen LogP contribution in [0.25, 0.3) is 0 Å². The van der Waals surface area contributed by atoms with E-state index >= 15 is 0 Å². The van der Waals surface area contributed by atoms with E-state index in [1.54, 1.807) is 13.0 Å². The third-order valence-electron chi connectivity index (χ3n) is 2.20. The Hall–Kier alpha value is -1.40. The maximum atomic E-state index is 13.0. The number of nitrogens with zero attached hydrogens (tertiary/aromatic N) is 1. The van der Waals surface area contributed by atoms with Crippen LogP contribution < -0.4 is 0 Å². The van der Waals surface area contributed by atoms with Crippen molar-refractivity contribution in [2.24, 2.45) is 0 Å². The molecule has 18 heavy (non-hydrogen) atoms. The molecule has 3 nitrogen and oxygen atoms in total. The summed E-state index contributed by atoms with van der Waals surface area (Å²) in [5.41, 5.74) is 0.106. The van der Waals surface area contributed by atoms with Gasteiger partial charge in [-0.05, 0) is 25.1 Å². The van der Waals surface area contributed by atoms with Crippen LogP contribution in [-0.2, 0) is 5.75 Å². The molecular formula is C12H10FNO2S2. The van der Waals surface area contributed by atoms with Crippen LogP contribution in [0.15, 0.2) is 29.2 Å². The minimum Gasteiger partial charge on any atom is -0.476 e. The molecule has 1 heterocycles. The highest BCUT2D eigenvalue weighted by Gasteiger charge is 2.13. The highest BCUT2D eigenvalue weighted by Crippen LogP contribution is 2.27. The van der Waals surface area contributed by atoms with Crippen LogP contribution in [0.3, 0.4) is 0 Å². The van der Waals surface area contributed by atoms with Crippen LogP contribution in [0, 0.1) is 12.7 Å². The molecule has 0 saturated heterocycles. The van der Waals surface area contributed by atoms with Crippen molar-refractivity contribution in [3.63, 3.8) is 0 Å². The van der Waals surface area contributed by atoms with Crippen molar-refractivity contribution >= 4 is 29.1 Å². The lowest BCUT2D eigenvalue weighted by Crippen LogP contribution is -1.98. The van der Waals surface area contributed by atoms with Crippen molar-refractivity contribution in [3.05, 3.63) is 45.7 Å². The quantitative estimate of drug-likeness (QED) is 0.871. The van der Waals surface area contributed by atoms with Crippen molar-refractivity contribution in [3.8, 4) is 0 Å². The van der Waals surface area contributed by atoms with Crippen LogP contribution in [0.5, 0.6) is 0 Å². The van der Waals surface area contributed by atoms with Crippen molar-refractivity contribution in [2.45, 2.75) is 17.6 Å². The number of benzene rings is 1. The fraction of sp³-hybridized carbons (Fsp3) is 0.167. The van der Waals surface area contributed by atoms with E-state index in [9.17, 15) is 9.18 Å². The number of aromatic carboxylic acids is 1. The van der Waals surface area contributed by atoms with E-state index in [1.165, 1.54) is 35.2 Å². The van der Waals surface area contributed by atoms with Gasteiger partial charge in [-0.15, -0.1) is 23.1 Å². The molecule has 2 rings (SSSR count). The standard InChI is InChI=1S/C12H10FNO2S2/c1-7-11(12(15)16)14-10(18-7)6-17-9-4-2-3-8(13)5-9/h2-5H,6H2,1H3,(H,15,16). The average Bonchev–Trinajstić information content (AvgIpc) is 2.68. The van der Waals surface area contributed by atoms with Gasteiger partial charge < -0.3 is 5.11 Å². The second-order valence-electron chi connectivity index (χ2n) is 3.56. The predicted molar refractivity (Wildman–Crippen MR) is 69.8 cm³/mol. The number of carboxylic acids is 1. The molecule has 0 fully saturated rings. The van der Waals surface area contributed by atoms with Gasteiger partial charge >= 0.3 is 5.97 Å². The number of carboxylic acid groups (broad SMARTS) is 1. The maximum Gasteiger partial charge on any atom is 0.355 e. The summed E-state index contributed by atoms with van der Waals surface area (Å²) in [6, 6.07) is 6.29. The number of aryl methyl sites for hydroxylation is 1. The van der Waals surface area contributed by atoms with Crippen LogP contribution in [0.2, 0.25) is 0 Å². The van der Waals surface area contributed by atoms with Crippen molar-refractivity contribution in [1.82, 2.24) is 4.98 Å². The lowest BCUT2D eigenvalue weighted by Gasteiger charge is -1.98. The molecule has 0 atom stereocenters. The van der Waals surface area contributed by atoms with Crippen LogP contribution >= 0.6 is 23.1 Å². The molecular weight excluding hydrogens is 273 g/mol. The molecule has 0 aliphatic heterocycles. The number of aromatic nitrogens is 1. The van der Waals surface area contributed by atoms with Gasteiger partial charge in [-0.3, -0.25) is 0 Å². The minimum atomic E-state index is -1.01. The first kappa shape index (κ1) is 13.0. The van der Waals surface area contributed by atoms with Gasteiger partial charge in [0.05, 0.1) is 5.75 Å². The Morgan fingerprint density at radius 3 is 2.94 bits per heavy atom. The van der Waals surface area contributed by atoms with Gasteiger partial charge in [0.1, 0.15) is 10.8 Å². The summed E-state index contributed by atoms with van der Waals surface area (Å²) in [6.07, 6.45) is 0. The molecule has 0 aliphatic rings. The van der Waals surface area contributed by atoms with E-state index in [4.69, 9.17) is 5.11 Å². The second-order valence-corrected chi connectivity index (χ2v) is 5.90. The smallest absolute Gasteiger partial charge is 0.355 e. The molecule has 1 aromatic heterocycles. The Balaban J connectivity index is 2.06. The Morgan fingerprint density at radius 1 is 1.56 bits per heavy atom. The first-order valence-electron chi connectivity index (χ1n) is 5.14. The van der Waals surface area contributed by atoms with Crippen LogP contribution in [0.1, 0.15) is 20.4 Å². The summed E-state index contributed by atoms with van der Waals surface area (Å²) < 4.78 is 13.0. The molecule has 0 saturated carbocycles. The van der Waals surface area contributed by atoms with Gasteiger partial charge in [0, 0.05) is 9.77 Å². The molecule has 0 bridgehead atoms. The number of thiazole rings is 1. The summed E-state index contributed by atoms with van der Waals surface area (Å²) >= 11 is 2.80. The molecule has 0 unspecified atom stereocenters. The van der Waals surface area contributed by atoms with Gasteiger partial charge in [0.15, 0.2) is 5.69 Å². The zero-order valence-corrected chi connectivity index (χ0v) is 11.1. The van der Waals surface area contributed by atoms with Gasteiger partial charge in [0.25, 0.3) is 0 Å². The molecule has 0 amide bonds. The van der Waals surface area contributed by atoms with E-state index in [-0.39, 0.29) is 11.5 Å². The van der Waals surface area contributed by atoms with E-state index < -0.39 is 5.97 Å². The lowest BCUT2D eigenvalue weighted by molar-refractivity contribution is 0.0690. The normalized spacial score (nSPS) is 10.6. The van der Waals surface area contributed by atoms with Gasteiger partial charge in [-0.2, -0.15) is 0 Å². The fourth-order valence-corrected chi connectivity index (χ4v) is 3.27.